The van der Waals surface area contributed by atoms with E-state index in [1.54, 1.807) is 0 Å². The number of hydrogen-bond acceptors (Lipinski definition) is 4. The molecule has 1 aliphatic rings. The number of nitrogens with zero attached hydrogens (tertiary/aromatic N) is 1. The lowest BCUT2D eigenvalue weighted by molar-refractivity contribution is 0.154. The summed E-state index contributed by atoms with van der Waals surface area (Å²) in [5.74, 6) is 0.934. The van der Waals surface area contributed by atoms with Crippen molar-refractivity contribution in [2.75, 3.05) is 6.54 Å². The van der Waals surface area contributed by atoms with Gasteiger partial charge < -0.3 is 9.52 Å². The van der Waals surface area contributed by atoms with Gasteiger partial charge in [0.1, 0.15) is 12.4 Å². The Morgan fingerprint density at radius 1 is 1.37 bits per heavy atom. The summed E-state index contributed by atoms with van der Waals surface area (Å²) in [6.07, 6.45) is 1.03. The van der Waals surface area contributed by atoms with Gasteiger partial charge in [0.2, 0.25) is 5.09 Å². The zero-order valence-corrected chi connectivity index (χ0v) is 12.4. The molecular formula is C13H21NO4S. The highest BCUT2D eigenvalue weighted by atomic mass is 32.2. The summed E-state index contributed by atoms with van der Waals surface area (Å²) in [7, 11) is -3.61. The second-order valence-corrected chi connectivity index (χ2v) is 7.33. The first-order valence-electron chi connectivity index (χ1n) is 6.57. The molecule has 2 heterocycles. The molecule has 1 fully saturated rings. The lowest BCUT2D eigenvalue weighted by Crippen LogP contribution is -2.48. The van der Waals surface area contributed by atoms with E-state index < -0.39 is 10.0 Å². The minimum Gasteiger partial charge on any atom is -0.446 e. The van der Waals surface area contributed by atoms with Crippen molar-refractivity contribution in [3.63, 3.8) is 0 Å². The van der Waals surface area contributed by atoms with Gasteiger partial charge in [-0.3, -0.25) is 0 Å². The molecule has 108 valence electrons. The van der Waals surface area contributed by atoms with Crippen LogP contribution in [0.25, 0.3) is 0 Å². The molecule has 0 aromatic carbocycles. The zero-order valence-electron chi connectivity index (χ0n) is 11.5. The molecule has 1 N–H and O–H groups in total. The molecule has 0 bridgehead atoms. The minimum atomic E-state index is -3.61. The fraction of sp³-hybridized carbons (Fsp3) is 0.692. The van der Waals surface area contributed by atoms with E-state index in [9.17, 15) is 8.42 Å². The fourth-order valence-electron chi connectivity index (χ4n) is 2.68. The second kappa shape index (κ2) is 5.26. The molecule has 3 atom stereocenters. The SMILES string of the molecule is CC1CC(C)C(C)N(S(=O)(=O)c2ccc(CO)o2)C1. The zero-order chi connectivity index (χ0) is 14.2. The number of aliphatic hydroxyl groups excluding tert-OH is 1. The van der Waals surface area contributed by atoms with Gasteiger partial charge in [0.05, 0.1) is 0 Å². The maximum atomic E-state index is 12.6. The molecule has 6 heteroatoms. The van der Waals surface area contributed by atoms with Gasteiger partial charge in [-0.25, -0.2) is 8.42 Å². The van der Waals surface area contributed by atoms with E-state index in [1.807, 2.05) is 6.92 Å². The maximum Gasteiger partial charge on any atom is 0.276 e. The van der Waals surface area contributed by atoms with E-state index >= 15 is 0 Å². The third-order valence-electron chi connectivity index (χ3n) is 3.90. The summed E-state index contributed by atoms with van der Waals surface area (Å²) in [5.41, 5.74) is 0. The predicted octanol–water partition coefficient (Wildman–Crippen LogP) is 1.83. The Kier molecular flexibility index (Phi) is 4.03. The molecule has 1 aliphatic heterocycles. The number of rotatable bonds is 3. The molecule has 0 aliphatic carbocycles. The van der Waals surface area contributed by atoms with Gasteiger partial charge in [0.15, 0.2) is 0 Å². The van der Waals surface area contributed by atoms with Gasteiger partial charge in [-0.05, 0) is 37.3 Å². The number of aliphatic hydroxyl groups is 1. The fourth-order valence-corrected chi connectivity index (χ4v) is 4.46. The maximum absolute atomic E-state index is 12.6. The molecule has 0 amide bonds. The minimum absolute atomic E-state index is 0.0381. The van der Waals surface area contributed by atoms with Crippen molar-refractivity contribution >= 4 is 10.0 Å². The quantitative estimate of drug-likeness (QED) is 0.920. The molecule has 3 unspecified atom stereocenters. The summed E-state index contributed by atoms with van der Waals surface area (Å²) in [6.45, 7) is 6.29. The van der Waals surface area contributed by atoms with Crippen LogP contribution >= 0.6 is 0 Å². The average molecular weight is 287 g/mol. The number of sulfonamides is 1. The van der Waals surface area contributed by atoms with Crippen LogP contribution in [0.15, 0.2) is 21.6 Å². The highest BCUT2D eigenvalue weighted by Gasteiger charge is 2.38. The van der Waals surface area contributed by atoms with Crippen molar-refractivity contribution < 1.29 is 17.9 Å². The topological polar surface area (TPSA) is 70.8 Å². The van der Waals surface area contributed by atoms with Crippen LogP contribution in [-0.4, -0.2) is 30.4 Å². The largest absolute Gasteiger partial charge is 0.446 e. The van der Waals surface area contributed by atoms with E-state index in [4.69, 9.17) is 9.52 Å². The van der Waals surface area contributed by atoms with Gasteiger partial charge in [-0.15, -0.1) is 0 Å². The van der Waals surface area contributed by atoms with Gasteiger partial charge in [-0.2, -0.15) is 4.31 Å². The normalized spacial score (nSPS) is 29.6. The molecule has 0 saturated carbocycles. The van der Waals surface area contributed by atoms with Crippen LogP contribution in [0.2, 0.25) is 0 Å². The monoisotopic (exact) mass is 287 g/mol. The molecule has 1 aromatic rings. The van der Waals surface area contributed by atoms with Crippen LogP contribution in [0.1, 0.15) is 33.0 Å². The van der Waals surface area contributed by atoms with E-state index in [0.717, 1.165) is 6.42 Å². The lowest BCUT2D eigenvalue weighted by atomic mass is 9.88. The van der Waals surface area contributed by atoms with Crippen LogP contribution in [-0.2, 0) is 16.6 Å². The highest BCUT2D eigenvalue weighted by molar-refractivity contribution is 7.89. The summed E-state index contributed by atoms with van der Waals surface area (Å²) in [6, 6.07) is 2.87. The van der Waals surface area contributed by atoms with E-state index in [2.05, 4.69) is 13.8 Å². The van der Waals surface area contributed by atoms with Gasteiger partial charge in [0, 0.05) is 12.6 Å². The van der Waals surface area contributed by atoms with Crippen LogP contribution in [0.4, 0.5) is 0 Å². The molecule has 2 rings (SSSR count). The van der Waals surface area contributed by atoms with Crippen molar-refractivity contribution in [2.24, 2.45) is 11.8 Å². The Balaban J connectivity index is 2.32. The Morgan fingerprint density at radius 2 is 2.05 bits per heavy atom. The summed E-state index contributed by atoms with van der Waals surface area (Å²) in [5, 5.41) is 8.88. The smallest absolute Gasteiger partial charge is 0.276 e. The Labute approximate surface area is 114 Å². The van der Waals surface area contributed by atoms with Crippen LogP contribution in [0.3, 0.4) is 0 Å². The molecule has 0 spiro atoms. The van der Waals surface area contributed by atoms with Crippen molar-refractivity contribution in [2.45, 2.75) is 44.9 Å². The molecule has 1 saturated heterocycles. The first-order chi connectivity index (χ1) is 8.86. The van der Waals surface area contributed by atoms with Crippen molar-refractivity contribution in [3.05, 3.63) is 17.9 Å². The predicted molar refractivity (Wildman–Crippen MR) is 70.9 cm³/mol. The molecular weight excluding hydrogens is 266 g/mol. The Hall–Kier alpha value is -0.850. The second-order valence-electron chi connectivity index (χ2n) is 5.51. The van der Waals surface area contributed by atoms with Gasteiger partial charge in [0.25, 0.3) is 10.0 Å². The standard InChI is InChI=1S/C13H21NO4S/c1-9-6-10(2)11(3)14(7-9)19(16,17)13-5-4-12(8-15)18-13/h4-5,9-11,15H,6-8H2,1-3H3. The van der Waals surface area contributed by atoms with Crippen LogP contribution < -0.4 is 0 Å². The van der Waals surface area contributed by atoms with E-state index in [1.165, 1.54) is 16.4 Å². The van der Waals surface area contributed by atoms with Crippen molar-refractivity contribution in [3.8, 4) is 0 Å². The Morgan fingerprint density at radius 3 is 2.63 bits per heavy atom. The molecule has 19 heavy (non-hydrogen) atoms. The van der Waals surface area contributed by atoms with Crippen LogP contribution in [0.5, 0.6) is 0 Å². The number of piperidine rings is 1. The highest BCUT2D eigenvalue weighted by Crippen LogP contribution is 2.32. The first kappa shape index (κ1) is 14.6. The molecule has 0 radical (unpaired) electrons. The summed E-state index contributed by atoms with van der Waals surface area (Å²) >= 11 is 0. The average Bonchev–Trinajstić information content (AvgIpc) is 2.83. The van der Waals surface area contributed by atoms with Crippen molar-refractivity contribution in [1.82, 2.24) is 4.31 Å². The summed E-state index contributed by atoms with van der Waals surface area (Å²) in [4.78, 5) is 0. The lowest BCUT2D eigenvalue weighted by Gasteiger charge is -2.39. The first-order valence-corrected chi connectivity index (χ1v) is 8.01. The third-order valence-corrected chi connectivity index (χ3v) is 5.73. The summed E-state index contributed by atoms with van der Waals surface area (Å²) < 4.78 is 31.8. The molecule has 5 nitrogen and oxygen atoms in total. The third kappa shape index (κ3) is 2.70. The van der Waals surface area contributed by atoms with Crippen molar-refractivity contribution in [1.29, 1.82) is 0 Å². The van der Waals surface area contributed by atoms with Gasteiger partial charge >= 0.3 is 0 Å². The molecule has 1 aromatic heterocycles. The Bertz CT molecular complexity index is 537. The number of hydrogen-bond donors (Lipinski definition) is 1. The van der Waals surface area contributed by atoms with E-state index in [-0.39, 0.29) is 23.5 Å². The van der Waals surface area contributed by atoms with Gasteiger partial charge in [-0.1, -0.05) is 13.8 Å². The van der Waals surface area contributed by atoms with Crippen LogP contribution in [0, 0.1) is 11.8 Å². The number of furan rings is 1. The van der Waals surface area contributed by atoms with E-state index in [0.29, 0.717) is 18.4 Å².